The van der Waals surface area contributed by atoms with Crippen molar-refractivity contribution in [2.45, 2.75) is 84.3 Å². The van der Waals surface area contributed by atoms with Crippen LogP contribution in [0.4, 0.5) is 0 Å². The van der Waals surface area contributed by atoms with Gasteiger partial charge in [-0.25, -0.2) is 0 Å². The van der Waals surface area contributed by atoms with Crippen LogP contribution in [0, 0.1) is 5.92 Å². The van der Waals surface area contributed by atoms with Crippen molar-refractivity contribution in [2.24, 2.45) is 5.92 Å². The third-order valence-corrected chi connectivity index (χ3v) is 4.62. The number of aliphatic hydroxyl groups is 1. The second-order valence-electron chi connectivity index (χ2n) is 6.14. The van der Waals surface area contributed by atoms with Gasteiger partial charge in [-0.3, -0.25) is 0 Å². The number of rotatable bonds is 7. The van der Waals surface area contributed by atoms with Crippen LogP contribution in [-0.4, -0.2) is 19.9 Å². The van der Waals surface area contributed by atoms with E-state index in [1.807, 2.05) is 0 Å². The first-order valence-electron chi connectivity index (χ1n) is 8.32. The quantitative estimate of drug-likeness (QED) is 0.829. The Kier molecular flexibility index (Phi) is 6.02. The van der Waals surface area contributed by atoms with E-state index in [0.717, 1.165) is 30.5 Å². The second kappa shape index (κ2) is 7.77. The summed E-state index contributed by atoms with van der Waals surface area (Å²) in [4.78, 5) is 0. The molecule has 0 unspecified atom stereocenters. The van der Waals surface area contributed by atoms with E-state index >= 15 is 0 Å². The van der Waals surface area contributed by atoms with Gasteiger partial charge in [0, 0.05) is 12.5 Å². The second-order valence-corrected chi connectivity index (χ2v) is 6.14. The summed E-state index contributed by atoms with van der Waals surface area (Å²) in [7, 11) is 0. The Bertz CT molecular complexity index is 394. The Hall–Kier alpha value is -0.900. The van der Waals surface area contributed by atoms with E-state index in [-0.39, 0.29) is 6.61 Å². The molecular weight excluding hydrogens is 250 g/mol. The highest BCUT2D eigenvalue weighted by molar-refractivity contribution is 5.03. The third-order valence-electron chi connectivity index (χ3n) is 4.62. The topological polar surface area (TPSA) is 50.9 Å². The molecular formula is C16H29N3O. The van der Waals surface area contributed by atoms with E-state index in [2.05, 4.69) is 28.6 Å². The van der Waals surface area contributed by atoms with E-state index in [9.17, 15) is 5.11 Å². The molecule has 1 saturated carbocycles. The Morgan fingerprint density at radius 1 is 1.10 bits per heavy atom. The van der Waals surface area contributed by atoms with Crippen molar-refractivity contribution in [1.82, 2.24) is 14.8 Å². The molecule has 2 rings (SSSR count). The van der Waals surface area contributed by atoms with Gasteiger partial charge in [0.1, 0.15) is 12.4 Å². The molecule has 20 heavy (non-hydrogen) atoms. The van der Waals surface area contributed by atoms with Crippen LogP contribution in [0.25, 0.3) is 0 Å². The van der Waals surface area contributed by atoms with Gasteiger partial charge in [-0.15, -0.1) is 10.2 Å². The zero-order valence-electron chi connectivity index (χ0n) is 13.0. The summed E-state index contributed by atoms with van der Waals surface area (Å²) in [5.41, 5.74) is 0. The fourth-order valence-electron chi connectivity index (χ4n) is 3.44. The first-order chi connectivity index (χ1) is 9.80. The van der Waals surface area contributed by atoms with E-state index in [1.165, 1.54) is 44.9 Å². The first-order valence-corrected chi connectivity index (χ1v) is 8.32. The lowest BCUT2D eigenvalue weighted by Crippen LogP contribution is -2.18. The Morgan fingerprint density at radius 3 is 2.45 bits per heavy atom. The van der Waals surface area contributed by atoms with Crippen LogP contribution >= 0.6 is 0 Å². The van der Waals surface area contributed by atoms with Gasteiger partial charge in [0.25, 0.3) is 0 Å². The van der Waals surface area contributed by atoms with Gasteiger partial charge in [0.15, 0.2) is 5.82 Å². The summed E-state index contributed by atoms with van der Waals surface area (Å²) < 4.78 is 2.15. The van der Waals surface area contributed by atoms with Gasteiger partial charge < -0.3 is 9.67 Å². The van der Waals surface area contributed by atoms with E-state index in [0.29, 0.717) is 5.92 Å². The number of hydrogen-bond donors (Lipinski definition) is 1. The Balaban J connectivity index is 1.97. The van der Waals surface area contributed by atoms with Gasteiger partial charge in [-0.2, -0.15) is 0 Å². The molecule has 4 heteroatoms. The SMILES string of the molecule is CCCCC1CCC(c2nnc(CO)n2CCC)CC1. The Labute approximate surface area is 122 Å². The van der Waals surface area contributed by atoms with Crippen molar-refractivity contribution >= 4 is 0 Å². The maximum atomic E-state index is 9.37. The van der Waals surface area contributed by atoms with E-state index in [4.69, 9.17) is 0 Å². The number of aromatic nitrogens is 3. The van der Waals surface area contributed by atoms with Gasteiger partial charge in [0.05, 0.1) is 0 Å². The van der Waals surface area contributed by atoms with Crippen molar-refractivity contribution in [3.63, 3.8) is 0 Å². The lowest BCUT2D eigenvalue weighted by molar-refractivity contribution is 0.261. The lowest BCUT2D eigenvalue weighted by atomic mass is 9.79. The van der Waals surface area contributed by atoms with E-state index < -0.39 is 0 Å². The number of unbranched alkanes of at least 4 members (excludes halogenated alkanes) is 1. The van der Waals surface area contributed by atoms with Crippen LogP contribution in [0.5, 0.6) is 0 Å². The predicted octanol–water partition coefficient (Wildman–Crippen LogP) is 3.64. The molecule has 0 bridgehead atoms. The van der Waals surface area contributed by atoms with Crippen LogP contribution in [0.15, 0.2) is 0 Å². The van der Waals surface area contributed by atoms with Gasteiger partial charge in [-0.05, 0) is 38.0 Å². The van der Waals surface area contributed by atoms with Crippen LogP contribution in [0.2, 0.25) is 0 Å². The average Bonchev–Trinajstić information content (AvgIpc) is 2.89. The Morgan fingerprint density at radius 2 is 1.85 bits per heavy atom. The maximum absolute atomic E-state index is 9.37. The maximum Gasteiger partial charge on any atom is 0.158 e. The molecule has 1 heterocycles. The monoisotopic (exact) mass is 279 g/mol. The molecule has 0 radical (unpaired) electrons. The minimum Gasteiger partial charge on any atom is -0.388 e. The molecule has 1 fully saturated rings. The molecule has 1 aromatic heterocycles. The van der Waals surface area contributed by atoms with Crippen molar-refractivity contribution < 1.29 is 5.11 Å². The fraction of sp³-hybridized carbons (Fsp3) is 0.875. The number of nitrogens with zero attached hydrogens (tertiary/aromatic N) is 3. The van der Waals surface area contributed by atoms with Crippen molar-refractivity contribution in [2.75, 3.05) is 0 Å². The highest BCUT2D eigenvalue weighted by Gasteiger charge is 2.26. The number of aliphatic hydroxyl groups excluding tert-OH is 1. The van der Waals surface area contributed by atoms with E-state index in [1.54, 1.807) is 0 Å². The summed E-state index contributed by atoms with van der Waals surface area (Å²) in [6.45, 7) is 5.36. The summed E-state index contributed by atoms with van der Waals surface area (Å²) in [5, 5.41) is 17.9. The van der Waals surface area contributed by atoms with Crippen molar-refractivity contribution in [3.8, 4) is 0 Å². The summed E-state index contributed by atoms with van der Waals surface area (Å²) >= 11 is 0. The van der Waals surface area contributed by atoms with Crippen LogP contribution in [-0.2, 0) is 13.2 Å². The molecule has 0 spiro atoms. The summed E-state index contributed by atoms with van der Waals surface area (Å²) in [6.07, 6.45) is 10.3. The van der Waals surface area contributed by atoms with Crippen molar-refractivity contribution in [1.29, 1.82) is 0 Å². The largest absolute Gasteiger partial charge is 0.388 e. The van der Waals surface area contributed by atoms with Gasteiger partial charge in [0.2, 0.25) is 0 Å². The molecule has 0 atom stereocenters. The zero-order valence-corrected chi connectivity index (χ0v) is 13.0. The van der Waals surface area contributed by atoms with Crippen LogP contribution < -0.4 is 0 Å². The standard InChI is InChI=1S/C16H29N3O/c1-3-5-6-13-7-9-14(10-8-13)16-18-17-15(12-20)19(16)11-4-2/h13-14,20H,3-12H2,1-2H3. The smallest absolute Gasteiger partial charge is 0.158 e. The molecule has 1 aromatic rings. The summed E-state index contributed by atoms with van der Waals surface area (Å²) in [6, 6.07) is 0. The lowest BCUT2D eigenvalue weighted by Gasteiger charge is -2.28. The average molecular weight is 279 g/mol. The third kappa shape index (κ3) is 3.60. The molecule has 1 aliphatic carbocycles. The minimum atomic E-state index is -0.00115. The summed E-state index contributed by atoms with van der Waals surface area (Å²) in [5.74, 6) is 3.32. The highest BCUT2D eigenvalue weighted by atomic mass is 16.3. The van der Waals surface area contributed by atoms with Crippen molar-refractivity contribution in [3.05, 3.63) is 11.6 Å². The fourth-order valence-corrected chi connectivity index (χ4v) is 3.44. The molecule has 0 amide bonds. The molecule has 4 nitrogen and oxygen atoms in total. The minimum absolute atomic E-state index is 0.00115. The van der Waals surface area contributed by atoms with Gasteiger partial charge in [-0.1, -0.05) is 33.1 Å². The van der Waals surface area contributed by atoms with Crippen LogP contribution in [0.3, 0.4) is 0 Å². The van der Waals surface area contributed by atoms with Crippen LogP contribution in [0.1, 0.15) is 82.8 Å². The first kappa shape index (κ1) is 15.5. The molecule has 1 aliphatic rings. The molecule has 114 valence electrons. The zero-order chi connectivity index (χ0) is 14.4. The highest BCUT2D eigenvalue weighted by Crippen LogP contribution is 2.37. The normalized spacial score (nSPS) is 23.1. The molecule has 0 aromatic carbocycles. The molecule has 0 aliphatic heterocycles. The van der Waals surface area contributed by atoms with Gasteiger partial charge >= 0.3 is 0 Å². The molecule has 1 N–H and O–H groups in total. The number of hydrogen-bond acceptors (Lipinski definition) is 3. The predicted molar refractivity (Wildman–Crippen MR) is 80.5 cm³/mol. The molecule has 0 saturated heterocycles.